The van der Waals surface area contributed by atoms with Gasteiger partial charge in [0.2, 0.25) is 0 Å². The van der Waals surface area contributed by atoms with Crippen LogP contribution in [0.5, 0.6) is 0 Å². The first-order chi connectivity index (χ1) is 6.89. The molecular weight excluding hydrogens is 207 g/mol. The van der Waals surface area contributed by atoms with Gasteiger partial charge >= 0.3 is 6.18 Å². The molecule has 0 aromatic heterocycles. The van der Waals surface area contributed by atoms with Gasteiger partial charge in [-0.05, 0) is 25.1 Å². The van der Waals surface area contributed by atoms with Gasteiger partial charge in [0.1, 0.15) is 0 Å². The normalized spacial score (nSPS) is 13.7. The van der Waals surface area contributed by atoms with E-state index in [-0.39, 0.29) is 6.54 Å². The highest BCUT2D eigenvalue weighted by Crippen LogP contribution is 2.30. The molecule has 0 spiro atoms. The van der Waals surface area contributed by atoms with Crippen molar-refractivity contribution in [3.63, 3.8) is 0 Å². The Labute approximate surface area is 85.7 Å². The van der Waals surface area contributed by atoms with Crippen molar-refractivity contribution in [1.29, 1.82) is 0 Å². The maximum atomic E-state index is 12.3. The zero-order chi connectivity index (χ0) is 11.5. The lowest BCUT2D eigenvalue weighted by Gasteiger charge is -2.11. The first-order valence-electron chi connectivity index (χ1n) is 4.49. The van der Waals surface area contributed by atoms with Crippen molar-refractivity contribution in [2.45, 2.75) is 19.2 Å². The third kappa shape index (κ3) is 3.79. The SMILES string of the molecule is C[C@H](O)CNc1cccc(C(F)(F)F)c1. The number of hydrogen-bond donors (Lipinski definition) is 2. The van der Waals surface area contributed by atoms with E-state index in [0.29, 0.717) is 5.69 Å². The molecule has 0 unspecified atom stereocenters. The van der Waals surface area contributed by atoms with Gasteiger partial charge in [0.15, 0.2) is 0 Å². The molecule has 84 valence electrons. The van der Waals surface area contributed by atoms with Crippen LogP contribution in [-0.2, 0) is 6.18 Å². The summed E-state index contributed by atoms with van der Waals surface area (Å²) in [6, 6.07) is 4.88. The summed E-state index contributed by atoms with van der Waals surface area (Å²) in [5.41, 5.74) is -0.344. The molecule has 1 atom stereocenters. The van der Waals surface area contributed by atoms with Crippen molar-refractivity contribution >= 4 is 5.69 Å². The lowest BCUT2D eigenvalue weighted by Crippen LogP contribution is -2.15. The van der Waals surface area contributed by atoms with Crippen molar-refractivity contribution in [1.82, 2.24) is 0 Å². The molecule has 5 heteroatoms. The molecule has 2 nitrogen and oxygen atoms in total. The maximum absolute atomic E-state index is 12.3. The summed E-state index contributed by atoms with van der Waals surface area (Å²) in [5, 5.41) is 11.7. The number of benzene rings is 1. The van der Waals surface area contributed by atoms with Crippen LogP contribution in [0.2, 0.25) is 0 Å². The van der Waals surface area contributed by atoms with Crippen molar-refractivity contribution in [2.24, 2.45) is 0 Å². The van der Waals surface area contributed by atoms with Crippen molar-refractivity contribution in [3.8, 4) is 0 Å². The van der Waals surface area contributed by atoms with E-state index < -0.39 is 17.8 Å². The van der Waals surface area contributed by atoms with E-state index in [9.17, 15) is 13.2 Å². The van der Waals surface area contributed by atoms with Crippen LogP contribution in [-0.4, -0.2) is 17.8 Å². The Bertz CT molecular complexity index is 323. The van der Waals surface area contributed by atoms with Gasteiger partial charge in [0, 0.05) is 12.2 Å². The number of rotatable bonds is 3. The van der Waals surface area contributed by atoms with Gasteiger partial charge in [0.25, 0.3) is 0 Å². The molecular formula is C10H12F3NO. The molecule has 1 aromatic carbocycles. The minimum atomic E-state index is -4.33. The lowest BCUT2D eigenvalue weighted by molar-refractivity contribution is -0.137. The molecule has 0 heterocycles. The predicted molar refractivity (Wildman–Crippen MR) is 51.6 cm³/mol. The third-order valence-corrected chi connectivity index (χ3v) is 1.79. The number of aliphatic hydroxyl groups is 1. The van der Waals surface area contributed by atoms with Gasteiger partial charge in [-0.3, -0.25) is 0 Å². The van der Waals surface area contributed by atoms with Gasteiger partial charge in [0.05, 0.1) is 11.7 Å². The Hall–Kier alpha value is -1.23. The maximum Gasteiger partial charge on any atom is 0.416 e. The van der Waals surface area contributed by atoms with Crippen LogP contribution in [0.4, 0.5) is 18.9 Å². The summed E-state index contributed by atoms with van der Waals surface area (Å²) in [7, 11) is 0. The Morgan fingerprint density at radius 1 is 1.40 bits per heavy atom. The Kier molecular flexibility index (Phi) is 3.57. The van der Waals surface area contributed by atoms with Crippen LogP contribution in [0.15, 0.2) is 24.3 Å². The molecule has 0 aliphatic heterocycles. The van der Waals surface area contributed by atoms with Crippen LogP contribution < -0.4 is 5.32 Å². The topological polar surface area (TPSA) is 32.3 Å². The fourth-order valence-electron chi connectivity index (χ4n) is 1.07. The minimum Gasteiger partial charge on any atom is -0.392 e. The largest absolute Gasteiger partial charge is 0.416 e. The highest BCUT2D eigenvalue weighted by molar-refractivity contribution is 5.46. The molecule has 1 aromatic rings. The predicted octanol–water partition coefficient (Wildman–Crippen LogP) is 2.50. The Morgan fingerprint density at radius 2 is 2.07 bits per heavy atom. The van der Waals surface area contributed by atoms with E-state index in [2.05, 4.69) is 5.32 Å². The van der Waals surface area contributed by atoms with Gasteiger partial charge in [-0.2, -0.15) is 13.2 Å². The van der Waals surface area contributed by atoms with E-state index in [0.717, 1.165) is 12.1 Å². The molecule has 0 amide bonds. The summed E-state index contributed by atoms with van der Waals surface area (Å²) in [4.78, 5) is 0. The molecule has 0 radical (unpaired) electrons. The average Bonchev–Trinajstić information content (AvgIpc) is 2.14. The Morgan fingerprint density at radius 3 is 2.60 bits per heavy atom. The van der Waals surface area contributed by atoms with E-state index in [1.165, 1.54) is 12.1 Å². The summed E-state index contributed by atoms with van der Waals surface area (Å²) in [6.07, 6.45) is -4.93. The van der Waals surface area contributed by atoms with Crippen LogP contribution in [0.25, 0.3) is 0 Å². The smallest absolute Gasteiger partial charge is 0.392 e. The zero-order valence-electron chi connectivity index (χ0n) is 8.17. The van der Waals surface area contributed by atoms with E-state index in [1.807, 2.05) is 0 Å². The second-order valence-corrected chi connectivity index (χ2v) is 3.31. The number of halogens is 3. The van der Waals surface area contributed by atoms with Crippen LogP contribution in [0, 0.1) is 0 Å². The molecule has 2 N–H and O–H groups in total. The number of nitrogens with one attached hydrogen (secondary N) is 1. The number of anilines is 1. The second-order valence-electron chi connectivity index (χ2n) is 3.31. The van der Waals surface area contributed by atoms with Crippen molar-refractivity contribution in [3.05, 3.63) is 29.8 Å². The van der Waals surface area contributed by atoms with Gasteiger partial charge in [-0.1, -0.05) is 6.07 Å². The highest BCUT2D eigenvalue weighted by atomic mass is 19.4. The van der Waals surface area contributed by atoms with Crippen LogP contribution >= 0.6 is 0 Å². The second kappa shape index (κ2) is 4.53. The minimum absolute atomic E-state index is 0.224. The van der Waals surface area contributed by atoms with Crippen LogP contribution in [0.3, 0.4) is 0 Å². The first-order valence-corrected chi connectivity index (χ1v) is 4.49. The van der Waals surface area contributed by atoms with Gasteiger partial charge < -0.3 is 10.4 Å². The number of alkyl halides is 3. The summed E-state index contributed by atoms with van der Waals surface area (Å²) in [6.45, 7) is 1.78. The fraction of sp³-hybridized carbons (Fsp3) is 0.400. The molecule has 1 rings (SSSR count). The van der Waals surface area contributed by atoms with Crippen molar-refractivity contribution in [2.75, 3.05) is 11.9 Å². The third-order valence-electron chi connectivity index (χ3n) is 1.79. The van der Waals surface area contributed by atoms with E-state index in [4.69, 9.17) is 5.11 Å². The first kappa shape index (κ1) is 11.8. The van der Waals surface area contributed by atoms with Crippen molar-refractivity contribution < 1.29 is 18.3 Å². The monoisotopic (exact) mass is 219 g/mol. The summed E-state index contributed by atoms with van der Waals surface area (Å²) >= 11 is 0. The molecule has 0 aliphatic rings. The molecule has 0 bridgehead atoms. The van der Waals surface area contributed by atoms with Gasteiger partial charge in [-0.25, -0.2) is 0 Å². The standard InChI is InChI=1S/C10H12F3NO/c1-7(15)6-14-9-4-2-3-8(5-9)10(11,12)13/h2-5,7,14-15H,6H2,1H3/t7-/m0/s1. The number of aliphatic hydroxyl groups excluding tert-OH is 1. The van der Waals surface area contributed by atoms with Crippen LogP contribution in [0.1, 0.15) is 12.5 Å². The fourth-order valence-corrected chi connectivity index (χ4v) is 1.07. The average molecular weight is 219 g/mol. The molecule has 0 saturated carbocycles. The molecule has 0 saturated heterocycles. The lowest BCUT2D eigenvalue weighted by atomic mass is 10.2. The summed E-state index contributed by atoms with van der Waals surface area (Å²) < 4.78 is 36.9. The quantitative estimate of drug-likeness (QED) is 0.818. The van der Waals surface area contributed by atoms with E-state index in [1.54, 1.807) is 6.92 Å². The highest BCUT2D eigenvalue weighted by Gasteiger charge is 2.30. The zero-order valence-corrected chi connectivity index (χ0v) is 8.17. The van der Waals surface area contributed by atoms with E-state index >= 15 is 0 Å². The Balaban J connectivity index is 2.75. The molecule has 15 heavy (non-hydrogen) atoms. The number of hydrogen-bond acceptors (Lipinski definition) is 2. The molecule has 0 aliphatic carbocycles. The van der Waals surface area contributed by atoms with Gasteiger partial charge in [-0.15, -0.1) is 0 Å². The summed E-state index contributed by atoms with van der Waals surface area (Å²) in [5.74, 6) is 0. The molecule has 0 fully saturated rings.